The Bertz CT molecular complexity index is 496. The largest absolute Gasteiger partial charge is 0.487 e. The Hall–Kier alpha value is -1.84. The highest BCUT2D eigenvalue weighted by molar-refractivity contribution is 5.20. The van der Waals surface area contributed by atoms with Gasteiger partial charge >= 0.3 is 0 Å². The molecule has 0 spiro atoms. The molecule has 0 saturated carbocycles. The number of aromatic nitrogens is 2. The van der Waals surface area contributed by atoms with Crippen molar-refractivity contribution in [1.29, 1.82) is 5.41 Å². The molecule has 0 fully saturated rings. The van der Waals surface area contributed by atoms with Crippen LogP contribution in [0.1, 0.15) is 19.4 Å². The molecule has 0 atom stereocenters. The fourth-order valence-electron chi connectivity index (χ4n) is 1.49. The van der Waals surface area contributed by atoms with Gasteiger partial charge in [0.25, 0.3) is 5.55 Å². The van der Waals surface area contributed by atoms with Crippen LogP contribution in [0.5, 0.6) is 0 Å². The minimum Gasteiger partial charge on any atom is -0.487 e. The quantitative estimate of drug-likeness (QED) is 0.733. The lowest BCUT2D eigenvalue weighted by atomic mass is 9.95. The van der Waals surface area contributed by atoms with E-state index in [1.165, 1.54) is 0 Å². The Morgan fingerprint density at radius 3 is 2.47 bits per heavy atom. The van der Waals surface area contributed by atoms with Gasteiger partial charge in [-0.15, -0.1) is 0 Å². The second-order valence-electron chi connectivity index (χ2n) is 3.94. The van der Waals surface area contributed by atoms with Crippen LogP contribution < -0.4 is 15.5 Å². The zero-order valence-corrected chi connectivity index (χ0v) is 8.77. The summed E-state index contributed by atoms with van der Waals surface area (Å²) in [5.41, 5.74) is 0.895. The minimum absolute atomic E-state index is 0.0685. The van der Waals surface area contributed by atoms with Crippen molar-refractivity contribution >= 4 is 0 Å². The summed E-state index contributed by atoms with van der Waals surface area (Å²) in [5.74, 6) is 0. The average molecular weight is 203 g/mol. The van der Waals surface area contributed by atoms with E-state index in [0.717, 1.165) is 5.56 Å². The van der Waals surface area contributed by atoms with Gasteiger partial charge in [-0.05, 0) is 0 Å². The van der Waals surface area contributed by atoms with Gasteiger partial charge < -0.3 is 4.52 Å². The van der Waals surface area contributed by atoms with E-state index in [1.807, 2.05) is 44.2 Å². The minimum atomic E-state index is -0.302. The first-order valence-electron chi connectivity index (χ1n) is 4.77. The molecule has 78 valence electrons. The normalized spacial score (nSPS) is 11.6. The zero-order chi connectivity index (χ0) is 10.9. The Morgan fingerprint density at radius 2 is 1.93 bits per heavy atom. The summed E-state index contributed by atoms with van der Waals surface area (Å²) in [5, 5.41) is 11.1. The van der Waals surface area contributed by atoms with Crippen LogP contribution in [0.25, 0.3) is 0 Å². The maximum absolute atomic E-state index is 7.31. The first kappa shape index (κ1) is 9.71. The van der Waals surface area contributed by atoms with Crippen molar-refractivity contribution in [2.24, 2.45) is 0 Å². The summed E-state index contributed by atoms with van der Waals surface area (Å²) in [6.45, 7) is 4.06. The first-order chi connectivity index (χ1) is 7.10. The highest BCUT2D eigenvalue weighted by atomic mass is 16.5. The Balaban J connectivity index is 2.48. The second-order valence-corrected chi connectivity index (χ2v) is 3.94. The van der Waals surface area contributed by atoms with Crippen molar-refractivity contribution in [1.82, 2.24) is 5.27 Å². The van der Waals surface area contributed by atoms with E-state index in [1.54, 1.807) is 10.9 Å². The second kappa shape index (κ2) is 3.38. The number of hydrogen-bond donors (Lipinski definition) is 1. The van der Waals surface area contributed by atoms with E-state index < -0.39 is 0 Å². The number of nitrogens with zero attached hydrogens (tertiary/aromatic N) is 2. The number of benzene rings is 1. The summed E-state index contributed by atoms with van der Waals surface area (Å²) < 4.78 is 6.41. The molecule has 15 heavy (non-hydrogen) atoms. The molecule has 0 aliphatic heterocycles. The van der Waals surface area contributed by atoms with Gasteiger partial charge in [0.2, 0.25) is 6.20 Å². The predicted octanol–water partition coefficient (Wildman–Crippen LogP) is 0.787. The predicted molar refractivity (Wildman–Crippen MR) is 52.9 cm³/mol. The number of nitrogens with one attached hydrogen (secondary N) is 1. The van der Waals surface area contributed by atoms with Gasteiger partial charge in [-0.3, -0.25) is 10.7 Å². The van der Waals surface area contributed by atoms with Crippen LogP contribution in [0.15, 0.2) is 41.1 Å². The fraction of sp³-hybridized carbons (Fsp3) is 0.273. The Morgan fingerprint density at radius 1 is 1.27 bits per heavy atom. The number of rotatable bonds is 2. The Kier molecular flexibility index (Phi) is 2.19. The zero-order valence-electron chi connectivity index (χ0n) is 8.77. The molecule has 2 aromatic rings. The first-order valence-corrected chi connectivity index (χ1v) is 4.77. The molecular weight excluding hydrogens is 190 g/mol. The molecule has 0 bridgehead atoms. The van der Waals surface area contributed by atoms with Crippen molar-refractivity contribution in [3.05, 3.63) is 47.6 Å². The maximum atomic E-state index is 7.31. The smallest absolute Gasteiger partial charge is 0.264 e. The maximum Gasteiger partial charge on any atom is 0.264 e. The highest BCUT2D eigenvalue weighted by Crippen LogP contribution is 2.17. The molecule has 4 heteroatoms. The molecular formula is C11H13N3O. The van der Waals surface area contributed by atoms with E-state index in [2.05, 4.69) is 5.27 Å². The molecule has 0 saturated heterocycles. The molecule has 1 N–H and O–H groups in total. The average Bonchev–Trinajstić information content (AvgIpc) is 2.67. The molecule has 0 aliphatic carbocycles. The van der Waals surface area contributed by atoms with E-state index in [9.17, 15) is 0 Å². The summed E-state index contributed by atoms with van der Waals surface area (Å²) in [4.78, 5) is 0. The van der Waals surface area contributed by atoms with E-state index in [-0.39, 0.29) is 11.1 Å². The van der Waals surface area contributed by atoms with Gasteiger partial charge in [-0.25, -0.2) is 4.68 Å². The lowest BCUT2D eigenvalue weighted by Gasteiger charge is -2.20. The molecule has 2 rings (SSSR count). The van der Waals surface area contributed by atoms with Gasteiger partial charge in [-0.2, -0.15) is 0 Å². The SMILES string of the molecule is CC(C)(c1ccccc1)[n+]1cc(=N)o[n-]1. The van der Waals surface area contributed by atoms with Crippen molar-refractivity contribution < 1.29 is 9.20 Å². The summed E-state index contributed by atoms with van der Waals surface area (Å²) >= 11 is 0. The third kappa shape index (κ3) is 1.70. The topological polar surface area (TPSA) is 55.0 Å². The van der Waals surface area contributed by atoms with Crippen molar-refractivity contribution in [3.8, 4) is 0 Å². The van der Waals surface area contributed by atoms with E-state index in [0.29, 0.717) is 0 Å². The van der Waals surface area contributed by atoms with Gasteiger partial charge in [0.05, 0.1) is 0 Å². The van der Waals surface area contributed by atoms with Crippen molar-refractivity contribution in [2.45, 2.75) is 19.4 Å². The lowest BCUT2D eigenvalue weighted by Crippen LogP contribution is -2.55. The molecule has 1 heterocycles. The molecule has 1 aromatic carbocycles. The lowest BCUT2D eigenvalue weighted by molar-refractivity contribution is -0.812. The summed E-state index contributed by atoms with van der Waals surface area (Å²) in [6, 6.07) is 10.0. The van der Waals surface area contributed by atoms with E-state index >= 15 is 0 Å². The van der Waals surface area contributed by atoms with Crippen LogP contribution >= 0.6 is 0 Å². The van der Waals surface area contributed by atoms with Crippen molar-refractivity contribution in [3.63, 3.8) is 0 Å². The third-order valence-electron chi connectivity index (χ3n) is 2.52. The van der Waals surface area contributed by atoms with E-state index in [4.69, 9.17) is 9.93 Å². The molecule has 0 radical (unpaired) electrons. The summed E-state index contributed by atoms with van der Waals surface area (Å²) in [6.07, 6.45) is 1.58. The van der Waals surface area contributed by atoms with Crippen molar-refractivity contribution in [2.75, 3.05) is 0 Å². The van der Waals surface area contributed by atoms with Crippen LogP contribution in [-0.4, -0.2) is 0 Å². The number of hydrogen-bond acceptors (Lipinski definition) is 2. The van der Waals surface area contributed by atoms with Gasteiger partial charge in [0.15, 0.2) is 5.54 Å². The van der Waals surface area contributed by atoms with Crippen LogP contribution in [0, 0.1) is 5.41 Å². The van der Waals surface area contributed by atoms with Crippen LogP contribution in [0.3, 0.4) is 0 Å². The van der Waals surface area contributed by atoms with Crippen LogP contribution in [-0.2, 0) is 5.54 Å². The fourth-order valence-corrected chi connectivity index (χ4v) is 1.49. The molecule has 0 aliphatic rings. The van der Waals surface area contributed by atoms with Crippen LogP contribution in [0.4, 0.5) is 0 Å². The van der Waals surface area contributed by atoms with Crippen LogP contribution in [0.2, 0.25) is 0 Å². The Labute approximate surface area is 87.6 Å². The standard InChI is InChI=1S/C11H13N3O/c1-11(2,9-6-4-3-5-7-9)14-8-10(12)15-13-14/h3-8,12H,1-2H3. The molecule has 4 nitrogen and oxygen atoms in total. The monoisotopic (exact) mass is 203 g/mol. The van der Waals surface area contributed by atoms with Gasteiger partial charge in [-0.1, -0.05) is 30.3 Å². The molecule has 1 aromatic heterocycles. The van der Waals surface area contributed by atoms with Gasteiger partial charge in [0.1, 0.15) is 0 Å². The summed E-state index contributed by atoms with van der Waals surface area (Å²) in [7, 11) is 0. The molecule has 0 unspecified atom stereocenters. The third-order valence-corrected chi connectivity index (χ3v) is 2.52. The highest BCUT2D eigenvalue weighted by Gasteiger charge is 2.28. The van der Waals surface area contributed by atoms with Gasteiger partial charge in [0, 0.05) is 19.4 Å². The molecule has 0 amide bonds.